The Hall–Kier alpha value is -2.34. The first-order chi connectivity index (χ1) is 13.1. The first-order valence-electron chi connectivity index (χ1n) is 9.55. The Morgan fingerprint density at radius 3 is 2.93 bits per heavy atom. The molecule has 1 aliphatic heterocycles. The molecule has 3 saturated carbocycles. The largest absolute Gasteiger partial charge is 0.467 e. The van der Waals surface area contributed by atoms with Gasteiger partial charge in [0, 0.05) is 23.1 Å². The molecule has 2 bridgehead atoms. The SMILES string of the molecule is O=C1N[C@@]2(C[C@H]3CC[C@H]2C[C@@H]3C(=O)NCc2cccs2)Oc2ccccc21. The van der Waals surface area contributed by atoms with Crippen LogP contribution in [0.25, 0.3) is 0 Å². The van der Waals surface area contributed by atoms with Crippen molar-refractivity contribution in [3.8, 4) is 5.75 Å². The Balaban J connectivity index is 1.32. The van der Waals surface area contributed by atoms with Gasteiger partial charge in [0.15, 0.2) is 5.72 Å². The van der Waals surface area contributed by atoms with Crippen LogP contribution in [0.1, 0.15) is 40.9 Å². The van der Waals surface area contributed by atoms with Gasteiger partial charge < -0.3 is 15.4 Å². The number of amides is 2. The van der Waals surface area contributed by atoms with Gasteiger partial charge in [-0.1, -0.05) is 18.2 Å². The molecule has 3 aliphatic carbocycles. The van der Waals surface area contributed by atoms with Crippen LogP contribution in [0.4, 0.5) is 0 Å². The van der Waals surface area contributed by atoms with E-state index in [1.54, 1.807) is 17.4 Å². The molecular formula is C21H22N2O3S. The van der Waals surface area contributed by atoms with E-state index in [1.807, 2.05) is 35.7 Å². The normalized spacial score (nSPS) is 31.1. The summed E-state index contributed by atoms with van der Waals surface area (Å²) in [4.78, 5) is 26.6. The fourth-order valence-electron chi connectivity index (χ4n) is 5.00. The predicted molar refractivity (Wildman–Crippen MR) is 102 cm³/mol. The van der Waals surface area contributed by atoms with Crippen molar-refractivity contribution in [1.82, 2.24) is 10.6 Å². The van der Waals surface area contributed by atoms with Crippen LogP contribution < -0.4 is 15.4 Å². The molecule has 2 aromatic rings. The second-order valence-corrected chi connectivity index (χ2v) is 8.85. The van der Waals surface area contributed by atoms with E-state index in [1.165, 1.54) is 4.88 Å². The highest BCUT2D eigenvalue weighted by molar-refractivity contribution is 7.09. The number of carbonyl (C=O) groups is 2. The van der Waals surface area contributed by atoms with Gasteiger partial charge >= 0.3 is 0 Å². The molecule has 2 N–H and O–H groups in total. The minimum atomic E-state index is -0.654. The van der Waals surface area contributed by atoms with Crippen molar-refractivity contribution in [3.05, 3.63) is 52.2 Å². The van der Waals surface area contributed by atoms with Gasteiger partial charge in [-0.15, -0.1) is 11.3 Å². The molecule has 1 spiro atoms. The highest BCUT2D eigenvalue weighted by Crippen LogP contribution is 2.52. The number of rotatable bonds is 3. The van der Waals surface area contributed by atoms with E-state index in [0.717, 1.165) is 19.3 Å². The fourth-order valence-corrected chi connectivity index (χ4v) is 5.64. The summed E-state index contributed by atoms with van der Waals surface area (Å²) in [5.41, 5.74) is -0.0615. The fraction of sp³-hybridized carbons (Fsp3) is 0.429. The Morgan fingerprint density at radius 2 is 2.15 bits per heavy atom. The molecule has 3 fully saturated rings. The molecule has 2 heterocycles. The maximum absolute atomic E-state index is 12.8. The van der Waals surface area contributed by atoms with Crippen LogP contribution in [0, 0.1) is 17.8 Å². The first kappa shape index (κ1) is 16.8. The van der Waals surface area contributed by atoms with Gasteiger partial charge in [-0.05, 0) is 48.8 Å². The molecule has 2 amide bonds. The Labute approximate surface area is 162 Å². The van der Waals surface area contributed by atoms with Crippen LogP contribution in [-0.2, 0) is 11.3 Å². The van der Waals surface area contributed by atoms with E-state index >= 15 is 0 Å². The molecule has 6 heteroatoms. The summed E-state index contributed by atoms with van der Waals surface area (Å²) in [7, 11) is 0. The summed E-state index contributed by atoms with van der Waals surface area (Å²) < 4.78 is 6.35. The molecule has 6 rings (SSSR count). The van der Waals surface area contributed by atoms with Crippen molar-refractivity contribution in [3.63, 3.8) is 0 Å². The van der Waals surface area contributed by atoms with Crippen molar-refractivity contribution in [2.24, 2.45) is 17.8 Å². The number of benzene rings is 1. The van der Waals surface area contributed by atoms with Crippen molar-refractivity contribution < 1.29 is 14.3 Å². The van der Waals surface area contributed by atoms with Gasteiger partial charge in [0.1, 0.15) is 5.75 Å². The number of hydrogen-bond donors (Lipinski definition) is 2. The van der Waals surface area contributed by atoms with Gasteiger partial charge in [0.25, 0.3) is 5.91 Å². The zero-order valence-electron chi connectivity index (χ0n) is 14.9. The first-order valence-corrected chi connectivity index (χ1v) is 10.4. The van der Waals surface area contributed by atoms with Gasteiger partial charge in [0.2, 0.25) is 5.91 Å². The number of ether oxygens (including phenoxy) is 1. The Kier molecular flexibility index (Phi) is 3.97. The summed E-state index contributed by atoms with van der Waals surface area (Å²) in [5.74, 6) is 1.14. The lowest BCUT2D eigenvalue weighted by molar-refractivity contribution is -0.146. The van der Waals surface area contributed by atoms with E-state index in [0.29, 0.717) is 24.3 Å². The smallest absolute Gasteiger partial charge is 0.258 e. The summed E-state index contributed by atoms with van der Waals surface area (Å²) in [6.07, 6.45) is 3.48. The molecule has 5 nitrogen and oxygen atoms in total. The molecule has 1 aromatic carbocycles. The number of hydrogen-bond acceptors (Lipinski definition) is 4. The van der Waals surface area contributed by atoms with E-state index in [9.17, 15) is 9.59 Å². The minimum absolute atomic E-state index is 0.00649. The summed E-state index contributed by atoms with van der Waals surface area (Å²) in [6, 6.07) is 11.4. The molecule has 1 aromatic heterocycles. The molecule has 4 atom stereocenters. The van der Waals surface area contributed by atoms with Crippen molar-refractivity contribution in [1.29, 1.82) is 0 Å². The molecule has 0 saturated heterocycles. The van der Waals surface area contributed by atoms with Crippen LogP contribution in [0.3, 0.4) is 0 Å². The highest BCUT2D eigenvalue weighted by atomic mass is 32.1. The quantitative estimate of drug-likeness (QED) is 0.856. The number of nitrogens with one attached hydrogen (secondary N) is 2. The third-order valence-electron chi connectivity index (χ3n) is 6.32. The average molecular weight is 382 g/mol. The number of para-hydroxylation sites is 1. The Bertz CT molecular complexity index is 881. The zero-order valence-corrected chi connectivity index (χ0v) is 15.8. The summed E-state index contributed by atoms with van der Waals surface area (Å²) in [6.45, 7) is 0.593. The third kappa shape index (κ3) is 2.83. The van der Waals surface area contributed by atoms with Crippen LogP contribution in [-0.4, -0.2) is 17.5 Å². The number of fused-ring (bicyclic) bond motifs is 3. The molecule has 27 heavy (non-hydrogen) atoms. The second kappa shape index (κ2) is 6.37. The lowest BCUT2D eigenvalue weighted by Gasteiger charge is -2.55. The lowest BCUT2D eigenvalue weighted by Crippen LogP contribution is -2.66. The number of thiophene rings is 1. The molecular weight excluding hydrogens is 360 g/mol. The van der Waals surface area contributed by atoms with Crippen LogP contribution >= 0.6 is 11.3 Å². The molecule has 0 radical (unpaired) electrons. The maximum Gasteiger partial charge on any atom is 0.258 e. The number of carbonyl (C=O) groups excluding carboxylic acids is 2. The van der Waals surface area contributed by atoms with E-state index in [-0.39, 0.29) is 29.6 Å². The topological polar surface area (TPSA) is 67.4 Å². The minimum Gasteiger partial charge on any atom is -0.467 e. The van der Waals surface area contributed by atoms with E-state index in [2.05, 4.69) is 10.6 Å². The van der Waals surface area contributed by atoms with Crippen molar-refractivity contribution in [2.45, 2.75) is 38.0 Å². The average Bonchev–Trinajstić information content (AvgIpc) is 3.20. The summed E-state index contributed by atoms with van der Waals surface area (Å²) >= 11 is 1.66. The van der Waals surface area contributed by atoms with E-state index < -0.39 is 5.72 Å². The summed E-state index contributed by atoms with van der Waals surface area (Å²) in [5, 5.41) is 8.26. The predicted octanol–water partition coefficient (Wildman–Crippen LogP) is 3.32. The van der Waals surface area contributed by atoms with Crippen LogP contribution in [0.5, 0.6) is 5.75 Å². The van der Waals surface area contributed by atoms with Gasteiger partial charge in [0.05, 0.1) is 12.1 Å². The van der Waals surface area contributed by atoms with Crippen molar-refractivity contribution >= 4 is 23.2 Å². The standard InChI is InChI=1S/C21H22N2O3S/c24-19(22-12-15-4-3-9-27-15)17-10-14-8-7-13(17)11-21(14)23-20(25)16-5-1-2-6-18(16)26-21/h1-6,9,13-14,17H,7-8,10-12H2,(H,22,24)(H,23,25)/t13-,14+,17+,21+/m1/s1. The van der Waals surface area contributed by atoms with Gasteiger partial charge in [-0.25, -0.2) is 0 Å². The monoisotopic (exact) mass is 382 g/mol. The zero-order chi connectivity index (χ0) is 18.4. The maximum atomic E-state index is 12.8. The third-order valence-corrected chi connectivity index (χ3v) is 7.20. The highest BCUT2D eigenvalue weighted by Gasteiger charge is 2.57. The van der Waals surface area contributed by atoms with Crippen molar-refractivity contribution in [2.75, 3.05) is 0 Å². The molecule has 4 aliphatic rings. The second-order valence-electron chi connectivity index (χ2n) is 7.82. The van der Waals surface area contributed by atoms with Gasteiger partial charge in [-0.3, -0.25) is 9.59 Å². The van der Waals surface area contributed by atoms with Gasteiger partial charge in [-0.2, -0.15) is 0 Å². The Morgan fingerprint density at radius 1 is 1.26 bits per heavy atom. The lowest BCUT2D eigenvalue weighted by atomic mass is 9.60. The molecule has 140 valence electrons. The van der Waals surface area contributed by atoms with E-state index in [4.69, 9.17) is 4.74 Å². The van der Waals surface area contributed by atoms with Crippen LogP contribution in [0.15, 0.2) is 41.8 Å². The van der Waals surface area contributed by atoms with Crippen LogP contribution in [0.2, 0.25) is 0 Å². The molecule has 0 unspecified atom stereocenters.